The number of aromatic nitrogens is 2. The van der Waals surface area contributed by atoms with E-state index in [1.807, 2.05) is 6.07 Å². The van der Waals surface area contributed by atoms with Crippen molar-refractivity contribution in [2.45, 2.75) is 53.1 Å². The lowest BCUT2D eigenvalue weighted by Crippen LogP contribution is -2.35. The Bertz CT molecular complexity index is 819. The van der Waals surface area contributed by atoms with Crippen LogP contribution >= 0.6 is 24.2 Å². The number of halogens is 1. The lowest BCUT2D eigenvalue weighted by Gasteiger charge is -2.41. The number of allylic oxidation sites excluding steroid dienone is 2. The average molecular weight is 363 g/mol. The third-order valence-electron chi connectivity index (χ3n) is 5.97. The van der Waals surface area contributed by atoms with Gasteiger partial charge >= 0.3 is 0 Å². The first-order chi connectivity index (χ1) is 11.2. The number of fused-ring (bicyclic) bond motifs is 1. The largest absolute Gasteiger partial charge is 0.291 e. The quantitative estimate of drug-likeness (QED) is 0.620. The lowest BCUT2D eigenvalue weighted by molar-refractivity contribution is 0.152. The molecule has 0 bridgehead atoms. The summed E-state index contributed by atoms with van der Waals surface area (Å²) >= 11 is 11.1. The summed E-state index contributed by atoms with van der Waals surface area (Å²) in [6.45, 7) is 13.8. The highest BCUT2D eigenvalue weighted by Gasteiger charge is 2.46. The van der Waals surface area contributed by atoms with Crippen LogP contribution in [-0.2, 0) is 0 Å². The Balaban J connectivity index is 2.26. The summed E-state index contributed by atoms with van der Waals surface area (Å²) in [6, 6.07) is 4.13. The molecule has 0 amide bonds. The molecule has 2 aromatic rings. The smallest absolute Gasteiger partial charge is 0.170 e. The van der Waals surface area contributed by atoms with Crippen molar-refractivity contribution >= 4 is 41.0 Å². The normalized spacial score (nSPS) is 24.4. The molecule has 1 heterocycles. The number of hydrogen-bond acceptors (Lipinski definition) is 2. The molecule has 130 valence electrons. The molecule has 1 aliphatic rings. The molecular weight excluding hydrogens is 336 g/mol. The molecule has 2 nitrogen and oxygen atoms in total. The predicted molar refractivity (Wildman–Crippen MR) is 107 cm³/mol. The number of rotatable bonds is 3. The van der Waals surface area contributed by atoms with Gasteiger partial charge in [0.05, 0.1) is 10.5 Å². The Hall–Kier alpha value is -0.930. The zero-order chi connectivity index (χ0) is 17.8. The summed E-state index contributed by atoms with van der Waals surface area (Å²) < 4.78 is 2.22. The van der Waals surface area contributed by atoms with Crippen molar-refractivity contribution in [2.24, 2.45) is 23.2 Å². The number of aryl methyl sites for hydroxylation is 1. The summed E-state index contributed by atoms with van der Waals surface area (Å²) in [6.07, 6.45) is 3.50. The summed E-state index contributed by atoms with van der Waals surface area (Å²) in [4.78, 5) is 4.65. The fourth-order valence-corrected chi connectivity index (χ4v) is 5.03. The van der Waals surface area contributed by atoms with Crippen LogP contribution in [0.15, 0.2) is 23.4 Å². The maximum atomic E-state index is 6.44. The number of nitrogens with zero attached hydrogens (tertiary/aromatic N) is 2. The van der Waals surface area contributed by atoms with E-state index in [0.717, 1.165) is 28.2 Å². The minimum atomic E-state index is 0.0928. The van der Waals surface area contributed by atoms with E-state index >= 15 is 0 Å². The third-order valence-corrected chi connectivity index (χ3v) is 6.56. The number of imidazole rings is 1. The number of hydrogen-bond donors (Lipinski definition) is 1. The second-order valence-corrected chi connectivity index (χ2v) is 8.78. The first kappa shape index (κ1) is 17.9. The first-order valence-corrected chi connectivity index (χ1v) is 9.59. The monoisotopic (exact) mass is 362 g/mol. The van der Waals surface area contributed by atoms with E-state index in [0.29, 0.717) is 22.8 Å². The molecule has 0 aliphatic heterocycles. The summed E-state index contributed by atoms with van der Waals surface area (Å²) in [7, 11) is 0. The second kappa shape index (κ2) is 6.10. The SMILES string of the molecule is Cc1cc(Cl)c2nc(S)n(C3=CCC(C(C)C)[C@]3(C)C(C)C)c2c1. The first-order valence-electron chi connectivity index (χ1n) is 8.76. The molecule has 0 N–H and O–H groups in total. The Kier molecular flexibility index (Phi) is 4.55. The van der Waals surface area contributed by atoms with Gasteiger partial charge in [0.15, 0.2) is 5.16 Å². The maximum absolute atomic E-state index is 6.44. The Morgan fingerprint density at radius 3 is 2.54 bits per heavy atom. The Morgan fingerprint density at radius 2 is 1.96 bits per heavy atom. The van der Waals surface area contributed by atoms with E-state index in [1.54, 1.807) is 0 Å². The van der Waals surface area contributed by atoms with Crippen LogP contribution in [0, 0.1) is 30.1 Å². The molecule has 3 rings (SSSR count). The highest BCUT2D eigenvalue weighted by atomic mass is 35.5. The molecule has 1 aromatic heterocycles. The number of thiol groups is 1. The van der Waals surface area contributed by atoms with Crippen molar-refractivity contribution in [3.8, 4) is 0 Å². The fourth-order valence-electron chi connectivity index (χ4n) is 4.41. The molecule has 0 spiro atoms. The van der Waals surface area contributed by atoms with E-state index < -0.39 is 0 Å². The van der Waals surface area contributed by atoms with Gasteiger partial charge in [-0.25, -0.2) is 4.98 Å². The van der Waals surface area contributed by atoms with Gasteiger partial charge < -0.3 is 0 Å². The van der Waals surface area contributed by atoms with Crippen molar-refractivity contribution in [1.29, 1.82) is 0 Å². The second-order valence-electron chi connectivity index (χ2n) is 7.97. The predicted octanol–water partition coefficient (Wildman–Crippen LogP) is 6.47. The molecule has 0 saturated carbocycles. The molecule has 24 heavy (non-hydrogen) atoms. The van der Waals surface area contributed by atoms with Gasteiger partial charge in [0.1, 0.15) is 5.52 Å². The van der Waals surface area contributed by atoms with Crippen LogP contribution in [-0.4, -0.2) is 9.55 Å². The van der Waals surface area contributed by atoms with E-state index in [-0.39, 0.29) is 5.41 Å². The number of benzene rings is 1. The summed E-state index contributed by atoms with van der Waals surface area (Å²) in [5.41, 5.74) is 4.47. The highest BCUT2D eigenvalue weighted by molar-refractivity contribution is 7.80. The van der Waals surface area contributed by atoms with Gasteiger partial charge in [-0.3, -0.25) is 4.57 Å². The molecule has 0 radical (unpaired) electrons. The lowest BCUT2D eigenvalue weighted by atomic mass is 9.66. The molecular formula is C20H27ClN2S. The van der Waals surface area contributed by atoms with Crippen molar-refractivity contribution < 1.29 is 0 Å². The van der Waals surface area contributed by atoms with Crippen LogP contribution < -0.4 is 0 Å². The van der Waals surface area contributed by atoms with Gasteiger partial charge in [0.2, 0.25) is 0 Å². The molecule has 4 heteroatoms. The van der Waals surface area contributed by atoms with Crippen LogP contribution in [0.2, 0.25) is 5.02 Å². The molecule has 2 atom stereocenters. The summed E-state index contributed by atoms with van der Waals surface area (Å²) in [5, 5.41) is 1.42. The Labute approximate surface area is 155 Å². The molecule has 1 aromatic carbocycles. The molecule has 1 aliphatic carbocycles. The van der Waals surface area contributed by atoms with E-state index in [1.165, 1.54) is 5.70 Å². The van der Waals surface area contributed by atoms with E-state index in [4.69, 9.17) is 24.2 Å². The van der Waals surface area contributed by atoms with Crippen molar-refractivity contribution in [1.82, 2.24) is 9.55 Å². The van der Waals surface area contributed by atoms with Gasteiger partial charge in [0.25, 0.3) is 0 Å². The topological polar surface area (TPSA) is 17.8 Å². The van der Waals surface area contributed by atoms with Crippen LogP contribution in [0.25, 0.3) is 16.7 Å². The summed E-state index contributed by atoms with van der Waals surface area (Å²) in [5.74, 6) is 1.79. The van der Waals surface area contributed by atoms with Crippen LogP contribution in [0.4, 0.5) is 0 Å². The van der Waals surface area contributed by atoms with Gasteiger partial charge in [-0.15, -0.1) is 12.6 Å². The van der Waals surface area contributed by atoms with Crippen molar-refractivity contribution in [3.63, 3.8) is 0 Å². The fraction of sp³-hybridized carbons (Fsp3) is 0.550. The van der Waals surface area contributed by atoms with E-state index in [2.05, 4.69) is 63.2 Å². The van der Waals surface area contributed by atoms with Gasteiger partial charge in [-0.1, -0.05) is 52.3 Å². The minimum absolute atomic E-state index is 0.0928. The zero-order valence-electron chi connectivity index (χ0n) is 15.4. The standard InChI is InChI=1S/C20H27ClN2S/c1-11(2)14-7-8-17(20(14,6)12(3)4)23-16-10-13(5)9-15(21)18(16)22-19(23)24/h8-12,14H,7H2,1-6H3,(H,22,24)/t14?,20-/m0/s1. The van der Waals surface area contributed by atoms with Gasteiger partial charge in [-0.05, 0) is 48.8 Å². The molecule has 0 fully saturated rings. The minimum Gasteiger partial charge on any atom is -0.291 e. The van der Waals surface area contributed by atoms with Crippen molar-refractivity contribution in [3.05, 3.63) is 28.8 Å². The van der Waals surface area contributed by atoms with Gasteiger partial charge in [0, 0.05) is 11.1 Å². The highest BCUT2D eigenvalue weighted by Crippen LogP contribution is 2.55. The Morgan fingerprint density at radius 1 is 1.29 bits per heavy atom. The molecule has 0 saturated heterocycles. The average Bonchev–Trinajstić information content (AvgIpc) is 2.97. The van der Waals surface area contributed by atoms with Crippen molar-refractivity contribution in [2.75, 3.05) is 0 Å². The van der Waals surface area contributed by atoms with Gasteiger partial charge in [-0.2, -0.15) is 0 Å². The third kappa shape index (κ3) is 2.52. The molecule has 1 unspecified atom stereocenters. The van der Waals surface area contributed by atoms with Crippen LogP contribution in [0.3, 0.4) is 0 Å². The van der Waals surface area contributed by atoms with Crippen LogP contribution in [0.1, 0.15) is 46.6 Å². The van der Waals surface area contributed by atoms with E-state index in [9.17, 15) is 0 Å². The van der Waals surface area contributed by atoms with Crippen LogP contribution in [0.5, 0.6) is 0 Å². The zero-order valence-corrected chi connectivity index (χ0v) is 17.0. The maximum Gasteiger partial charge on any atom is 0.170 e.